The molecule has 1 aliphatic carbocycles. The van der Waals surface area contributed by atoms with Crippen molar-refractivity contribution in [1.29, 1.82) is 0 Å². The molecule has 4 nitrogen and oxygen atoms in total. The van der Waals surface area contributed by atoms with Crippen molar-refractivity contribution in [2.75, 3.05) is 11.5 Å². The van der Waals surface area contributed by atoms with Crippen LogP contribution in [-0.4, -0.2) is 24.3 Å². The fourth-order valence-electron chi connectivity index (χ4n) is 3.47. The summed E-state index contributed by atoms with van der Waals surface area (Å²) in [6.45, 7) is 5.45. The van der Waals surface area contributed by atoms with Crippen LogP contribution in [0.5, 0.6) is 5.75 Å². The Balaban J connectivity index is 1.81. The molecule has 0 N–H and O–H groups in total. The number of anilines is 1. The number of halogens is 1. The van der Waals surface area contributed by atoms with E-state index in [0.717, 1.165) is 5.69 Å². The topological polar surface area (TPSA) is 46.6 Å². The SMILES string of the molecule is CC(C)N(C(=O)COc1ccc(F)c2c1C(=O)C[C@H]2C)c1ccccc1. The van der Waals surface area contributed by atoms with Gasteiger partial charge in [0.2, 0.25) is 0 Å². The Kier molecular flexibility index (Phi) is 5.07. The van der Waals surface area contributed by atoms with Gasteiger partial charge in [-0.2, -0.15) is 0 Å². The Hall–Kier alpha value is -2.69. The number of ether oxygens (including phenoxy) is 1. The molecule has 0 heterocycles. The lowest BCUT2D eigenvalue weighted by Crippen LogP contribution is -2.40. The van der Waals surface area contributed by atoms with Gasteiger partial charge in [-0.25, -0.2) is 4.39 Å². The predicted octanol–water partition coefficient (Wildman–Crippen LogP) is 4.34. The van der Waals surface area contributed by atoms with Gasteiger partial charge in [0.15, 0.2) is 12.4 Å². The summed E-state index contributed by atoms with van der Waals surface area (Å²) in [5.74, 6) is -0.653. The van der Waals surface area contributed by atoms with E-state index in [9.17, 15) is 14.0 Å². The van der Waals surface area contributed by atoms with Gasteiger partial charge in [-0.15, -0.1) is 0 Å². The van der Waals surface area contributed by atoms with Crippen molar-refractivity contribution in [3.63, 3.8) is 0 Å². The molecular formula is C21H22FNO3. The second kappa shape index (κ2) is 7.28. The molecule has 2 aromatic carbocycles. The van der Waals surface area contributed by atoms with E-state index in [4.69, 9.17) is 4.74 Å². The van der Waals surface area contributed by atoms with Gasteiger partial charge in [0.1, 0.15) is 11.6 Å². The first kappa shape index (κ1) is 18.1. The van der Waals surface area contributed by atoms with Crippen LogP contribution >= 0.6 is 0 Å². The lowest BCUT2D eigenvalue weighted by atomic mass is 10.0. The monoisotopic (exact) mass is 355 g/mol. The first-order valence-electron chi connectivity index (χ1n) is 8.75. The number of fused-ring (bicyclic) bond motifs is 1. The van der Waals surface area contributed by atoms with E-state index in [0.29, 0.717) is 5.56 Å². The summed E-state index contributed by atoms with van der Waals surface area (Å²) in [6.07, 6.45) is 0.267. The number of hydrogen-bond acceptors (Lipinski definition) is 3. The lowest BCUT2D eigenvalue weighted by molar-refractivity contribution is -0.120. The fourth-order valence-corrected chi connectivity index (χ4v) is 3.47. The van der Waals surface area contributed by atoms with Crippen molar-refractivity contribution >= 4 is 17.4 Å². The van der Waals surface area contributed by atoms with Gasteiger partial charge < -0.3 is 9.64 Å². The minimum atomic E-state index is -0.398. The number of nitrogens with zero attached hydrogens (tertiary/aromatic N) is 1. The lowest BCUT2D eigenvalue weighted by Gasteiger charge is -2.27. The summed E-state index contributed by atoms with van der Waals surface area (Å²) in [5.41, 5.74) is 1.45. The largest absolute Gasteiger partial charge is 0.483 e. The molecule has 0 aliphatic heterocycles. The molecule has 136 valence electrons. The standard InChI is InChI=1S/C21H22FNO3/c1-13(2)23(15-7-5-4-6-8-15)19(25)12-26-18-10-9-16(22)20-14(3)11-17(24)21(18)20/h4-10,13-14H,11-12H2,1-3H3/t14-/m1/s1. The molecule has 1 atom stereocenters. The van der Waals surface area contributed by atoms with E-state index in [1.807, 2.05) is 51.1 Å². The predicted molar refractivity (Wildman–Crippen MR) is 98.3 cm³/mol. The third-order valence-corrected chi connectivity index (χ3v) is 4.59. The van der Waals surface area contributed by atoms with Crippen LogP contribution in [0.1, 0.15) is 49.0 Å². The number of carbonyl (C=O) groups is 2. The number of para-hydroxylation sites is 1. The minimum Gasteiger partial charge on any atom is -0.483 e. The van der Waals surface area contributed by atoms with Crippen molar-refractivity contribution in [2.45, 2.75) is 39.2 Å². The van der Waals surface area contributed by atoms with Crippen LogP contribution in [-0.2, 0) is 4.79 Å². The fraction of sp³-hybridized carbons (Fsp3) is 0.333. The van der Waals surface area contributed by atoms with Gasteiger partial charge in [0.05, 0.1) is 5.56 Å². The Morgan fingerprint density at radius 2 is 1.92 bits per heavy atom. The molecule has 0 unspecified atom stereocenters. The highest BCUT2D eigenvalue weighted by atomic mass is 19.1. The maximum Gasteiger partial charge on any atom is 0.265 e. The third-order valence-electron chi connectivity index (χ3n) is 4.59. The highest BCUT2D eigenvalue weighted by molar-refractivity contribution is 6.04. The zero-order chi connectivity index (χ0) is 18.8. The first-order valence-corrected chi connectivity index (χ1v) is 8.75. The van der Waals surface area contributed by atoms with Crippen molar-refractivity contribution in [2.24, 2.45) is 0 Å². The second-order valence-corrected chi connectivity index (χ2v) is 6.84. The van der Waals surface area contributed by atoms with E-state index in [1.165, 1.54) is 12.1 Å². The van der Waals surface area contributed by atoms with Crippen LogP contribution in [0.25, 0.3) is 0 Å². The summed E-state index contributed by atoms with van der Waals surface area (Å²) in [7, 11) is 0. The average Bonchev–Trinajstić information content (AvgIpc) is 2.91. The molecule has 0 aromatic heterocycles. The molecular weight excluding hydrogens is 333 g/mol. The van der Waals surface area contributed by atoms with Crippen molar-refractivity contribution < 1.29 is 18.7 Å². The third kappa shape index (κ3) is 3.34. The molecule has 0 fully saturated rings. The van der Waals surface area contributed by atoms with Gasteiger partial charge in [0.25, 0.3) is 5.91 Å². The van der Waals surface area contributed by atoms with Crippen LogP contribution in [0.3, 0.4) is 0 Å². The van der Waals surface area contributed by atoms with Crippen LogP contribution < -0.4 is 9.64 Å². The van der Waals surface area contributed by atoms with E-state index < -0.39 is 5.82 Å². The van der Waals surface area contributed by atoms with Gasteiger partial charge in [0, 0.05) is 23.7 Å². The number of rotatable bonds is 5. The molecule has 0 radical (unpaired) electrons. The Labute approximate surface area is 152 Å². The van der Waals surface area contributed by atoms with Crippen LogP contribution in [0.15, 0.2) is 42.5 Å². The van der Waals surface area contributed by atoms with Crippen LogP contribution in [0.4, 0.5) is 10.1 Å². The van der Waals surface area contributed by atoms with Crippen LogP contribution in [0.2, 0.25) is 0 Å². The summed E-state index contributed by atoms with van der Waals surface area (Å²) >= 11 is 0. The number of hydrogen-bond donors (Lipinski definition) is 0. The van der Waals surface area contributed by atoms with Crippen molar-refractivity contribution in [3.05, 3.63) is 59.4 Å². The number of ketones is 1. The molecule has 0 spiro atoms. The molecule has 2 aromatic rings. The maximum absolute atomic E-state index is 14.1. The number of Topliss-reactive ketones (excluding diaryl/α,β-unsaturated/α-hetero) is 1. The highest BCUT2D eigenvalue weighted by Gasteiger charge is 2.33. The van der Waals surface area contributed by atoms with E-state index in [1.54, 1.807) is 4.90 Å². The summed E-state index contributed by atoms with van der Waals surface area (Å²) in [6, 6.07) is 12.0. The molecule has 3 rings (SSSR count). The average molecular weight is 355 g/mol. The summed E-state index contributed by atoms with van der Waals surface area (Å²) in [4.78, 5) is 26.6. The smallest absolute Gasteiger partial charge is 0.265 e. The second-order valence-electron chi connectivity index (χ2n) is 6.84. The van der Waals surface area contributed by atoms with Crippen molar-refractivity contribution in [1.82, 2.24) is 0 Å². The molecule has 0 bridgehead atoms. The summed E-state index contributed by atoms with van der Waals surface area (Å²) < 4.78 is 19.7. The number of amides is 1. The highest BCUT2D eigenvalue weighted by Crippen LogP contribution is 2.39. The van der Waals surface area contributed by atoms with E-state index >= 15 is 0 Å². The van der Waals surface area contributed by atoms with Gasteiger partial charge in [-0.3, -0.25) is 9.59 Å². The minimum absolute atomic E-state index is 0.0471. The van der Waals surface area contributed by atoms with Crippen molar-refractivity contribution in [3.8, 4) is 5.75 Å². The molecule has 26 heavy (non-hydrogen) atoms. The first-order chi connectivity index (χ1) is 12.4. The molecule has 0 saturated heterocycles. The Morgan fingerprint density at radius 3 is 2.58 bits per heavy atom. The van der Waals surface area contributed by atoms with E-state index in [2.05, 4.69) is 0 Å². The van der Waals surface area contributed by atoms with Gasteiger partial charge in [-0.05, 0) is 44.0 Å². The Bertz CT molecular complexity index is 833. The number of benzene rings is 2. The number of carbonyl (C=O) groups excluding carboxylic acids is 2. The Morgan fingerprint density at radius 1 is 1.23 bits per heavy atom. The zero-order valence-electron chi connectivity index (χ0n) is 15.2. The molecule has 1 amide bonds. The normalized spacial score (nSPS) is 15.9. The molecule has 1 aliphatic rings. The molecule has 5 heteroatoms. The van der Waals surface area contributed by atoms with Crippen LogP contribution in [0, 0.1) is 5.82 Å². The molecule has 0 saturated carbocycles. The maximum atomic E-state index is 14.1. The van der Waals surface area contributed by atoms with Gasteiger partial charge in [-0.1, -0.05) is 25.1 Å². The van der Waals surface area contributed by atoms with E-state index in [-0.39, 0.29) is 48.0 Å². The zero-order valence-corrected chi connectivity index (χ0v) is 15.2. The van der Waals surface area contributed by atoms with Gasteiger partial charge >= 0.3 is 0 Å². The quantitative estimate of drug-likeness (QED) is 0.802. The summed E-state index contributed by atoms with van der Waals surface area (Å²) in [5, 5.41) is 0.